The Hall–Kier alpha value is -3.49. The number of fused-ring (bicyclic) bond motifs is 1. The highest BCUT2D eigenvalue weighted by molar-refractivity contribution is 6.30. The van der Waals surface area contributed by atoms with E-state index in [2.05, 4.69) is 15.1 Å². The van der Waals surface area contributed by atoms with Gasteiger partial charge in [0, 0.05) is 17.4 Å². The third kappa shape index (κ3) is 4.02. The van der Waals surface area contributed by atoms with Gasteiger partial charge in [0.1, 0.15) is 12.4 Å². The third-order valence-corrected chi connectivity index (χ3v) is 5.42. The van der Waals surface area contributed by atoms with Crippen LogP contribution in [0.3, 0.4) is 0 Å². The van der Waals surface area contributed by atoms with Gasteiger partial charge in [-0.1, -0.05) is 23.7 Å². The van der Waals surface area contributed by atoms with Gasteiger partial charge in [0.05, 0.1) is 26.0 Å². The van der Waals surface area contributed by atoms with Crippen LogP contribution < -0.4 is 4.74 Å². The van der Waals surface area contributed by atoms with Gasteiger partial charge in [-0.05, 0) is 48.4 Å². The quantitative estimate of drug-likeness (QED) is 0.457. The Labute approximate surface area is 190 Å². The number of hydrogen-bond acceptors (Lipinski definition) is 6. The molecule has 0 fully saturated rings. The second-order valence-electron chi connectivity index (χ2n) is 7.40. The van der Waals surface area contributed by atoms with Crippen LogP contribution in [0.15, 0.2) is 49.1 Å². The summed E-state index contributed by atoms with van der Waals surface area (Å²) >= 11 is 6.02. The largest absolute Gasteiger partial charge is 0.493 e. The number of benzene rings is 1. The van der Waals surface area contributed by atoms with Crippen LogP contribution in [-0.4, -0.2) is 43.0 Å². The fourth-order valence-electron chi connectivity index (χ4n) is 3.61. The van der Waals surface area contributed by atoms with Crippen molar-refractivity contribution in [3.05, 3.63) is 82.5 Å². The molecule has 4 heterocycles. The second kappa shape index (κ2) is 8.57. The van der Waals surface area contributed by atoms with E-state index in [1.54, 1.807) is 19.6 Å². The minimum absolute atomic E-state index is 0.268. The number of imidazole rings is 1. The molecule has 1 aliphatic heterocycles. The van der Waals surface area contributed by atoms with E-state index in [9.17, 15) is 0 Å². The lowest BCUT2D eigenvalue weighted by molar-refractivity contribution is 0.0390. The summed E-state index contributed by atoms with van der Waals surface area (Å²) in [5.41, 5.74) is 2.78. The van der Waals surface area contributed by atoms with Crippen molar-refractivity contribution in [1.82, 2.24) is 29.3 Å². The molecular weight excluding hydrogens is 428 g/mol. The number of halogens is 1. The smallest absolute Gasteiger partial charge is 0.180 e. The standard InChI is InChI=1S/C23H21ClN6O2/c1-15-13-29(14-26-15)22-19(31-2)11-16(12-25-22)3-8-20-27-23-21(32-10-9-30(23)28-20)17-4-6-18(24)7-5-17/h3-8,11-14,21H,9-10H2,1-2H3/t21-/m1/s1. The number of nitrogens with zero attached hydrogens (tertiary/aromatic N) is 6. The van der Waals surface area contributed by atoms with Gasteiger partial charge in [0.15, 0.2) is 23.2 Å². The van der Waals surface area contributed by atoms with Gasteiger partial charge in [-0.15, -0.1) is 0 Å². The maximum atomic E-state index is 6.02. The van der Waals surface area contributed by atoms with Crippen molar-refractivity contribution in [3.63, 3.8) is 0 Å². The van der Waals surface area contributed by atoms with E-state index in [1.807, 2.05) is 64.9 Å². The molecule has 5 rings (SSSR count). The zero-order chi connectivity index (χ0) is 22.1. The van der Waals surface area contributed by atoms with E-state index in [1.165, 1.54) is 0 Å². The second-order valence-corrected chi connectivity index (χ2v) is 7.84. The molecule has 4 aromatic rings. The molecule has 0 unspecified atom stereocenters. The van der Waals surface area contributed by atoms with E-state index in [-0.39, 0.29) is 6.10 Å². The Kier molecular flexibility index (Phi) is 5.46. The Morgan fingerprint density at radius 3 is 2.78 bits per heavy atom. The molecule has 9 heteroatoms. The summed E-state index contributed by atoms with van der Waals surface area (Å²) in [7, 11) is 1.62. The minimum Gasteiger partial charge on any atom is -0.493 e. The summed E-state index contributed by atoms with van der Waals surface area (Å²) in [6.07, 6.45) is 8.90. The van der Waals surface area contributed by atoms with Crippen LogP contribution >= 0.6 is 11.6 Å². The Morgan fingerprint density at radius 1 is 1.19 bits per heavy atom. The van der Waals surface area contributed by atoms with Crippen LogP contribution in [0.5, 0.6) is 5.75 Å². The molecule has 1 aliphatic rings. The molecule has 32 heavy (non-hydrogen) atoms. The van der Waals surface area contributed by atoms with Gasteiger partial charge in [-0.2, -0.15) is 5.10 Å². The zero-order valence-corrected chi connectivity index (χ0v) is 18.4. The van der Waals surface area contributed by atoms with Crippen molar-refractivity contribution in [1.29, 1.82) is 0 Å². The lowest BCUT2D eigenvalue weighted by atomic mass is 10.1. The van der Waals surface area contributed by atoms with Gasteiger partial charge < -0.3 is 9.47 Å². The molecule has 0 spiro atoms. The topological polar surface area (TPSA) is 79.9 Å². The lowest BCUT2D eigenvalue weighted by Crippen LogP contribution is -2.23. The molecule has 0 N–H and O–H groups in total. The first-order valence-electron chi connectivity index (χ1n) is 10.2. The highest BCUT2D eigenvalue weighted by Gasteiger charge is 2.26. The van der Waals surface area contributed by atoms with Gasteiger partial charge >= 0.3 is 0 Å². The first-order chi connectivity index (χ1) is 15.6. The molecule has 0 saturated carbocycles. The molecule has 0 saturated heterocycles. The van der Waals surface area contributed by atoms with Crippen LogP contribution in [-0.2, 0) is 11.3 Å². The first-order valence-corrected chi connectivity index (χ1v) is 10.5. The Morgan fingerprint density at radius 2 is 2.03 bits per heavy atom. The van der Waals surface area contributed by atoms with E-state index in [0.717, 1.165) is 22.6 Å². The number of pyridine rings is 1. The van der Waals surface area contributed by atoms with Crippen molar-refractivity contribution < 1.29 is 9.47 Å². The van der Waals surface area contributed by atoms with E-state index >= 15 is 0 Å². The van der Waals surface area contributed by atoms with Crippen LogP contribution in [0.4, 0.5) is 0 Å². The number of aryl methyl sites for hydroxylation is 1. The molecule has 0 bridgehead atoms. The van der Waals surface area contributed by atoms with Crippen molar-refractivity contribution in [2.24, 2.45) is 0 Å². The van der Waals surface area contributed by atoms with E-state index < -0.39 is 0 Å². The van der Waals surface area contributed by atoms with Gasteiger partial charge in [0.25, 0.3) is 0 Å². The summed E-state index contributed by atoms with van der Waals surface area (Å²) in [5.74, 6) is 2.72. The summed E-state index contributed by atoms with van der Waals surface area (Å²) in [4.78, 5) is 13.5. The fraction of sp³-hybridized carbons (Fsp3) is 0.217. The van der Waals surface area contributed by atoms with Crippen LogP contribution in [0.1, 0.15) is 34.6 Å². The molecule has 0 aliphatic carbocycles. The lowest BCUT2D eigenvalue weighted by Gasteiger charge is -2.23. The summed E-state index contributed by atoms with van der Waals surface area (Å²) < 4.78 is 15.2. The summed E-state index contributed by atoms with van der Waals surface area (Å²) in [6.45, 7) is 3.16. The van der Waals surface area contributed by atoms with Crippen molar-refractivity contribution in [3.8, 4) is 11.6 Å². The highest BCUT2D eigenvalue weighted by Crippen LogP contribution is 2.29. The van der Waals surface area contributed by atoms with Gasteiger partial charge in [-0.25, -0.2) is 19.6 Å². The molecule has 8 nitrogen and oxygen atoms in total. The van der Waals surface area contributed by atoms with Crippen molar-refractivity contribution in [2.45, 2.75) is 19.6 Å². The Bertz CT molecular complexity index is 1280. The maximum absolute atomic E-state index is 6.02. The molecule has 162 valence electrons. The number of aromatic nitrogens is 6. The SMILES string of the molecule is COc1cc(C=Cc2nc3n(n2)CCO[C@@H]3c2ccc(Cl)cc2)cnc1-n1cnc(C)c1. The highest BCUT2D eigenvalue weighted by atomic mass is 35.5. The zero-order valence-electron chi connectivity index (χ0n) is 17.6. The van der Waals surface area contributed by atoms with Gasteiger partial charge in [-0.3, -0.25) is 4.57 Å². The fourth-order valence-corrected chi connectivity index (χ4v) is 3.74. The molecule has 1 aromatic carbocycles. The third-order valence-electron chi connectivity index (χ3n) is 5.17. The molecule has 0 amide bonds. The number of ether oxygens (including phenoxy) is 2. The molecule has 3 aromatic heterocycles. The normalized spacial score (nSPS) is 15.8. The average Bonchev–Trinajstić information content (AvgIpc) is 3.43. The average molecular weight is 449 g/mol. The summed E-state index contributed by atoms with van der Waals surface area (Å²) in [6, 6.07) is 9.53. The number of rotatable bonds is 5. The van der Waals surface area contributed by atoms with Crippen LogP contribution in [0.25, 0.3) is 18.0 Å². The van der Waals surface area contributed by atoms with Crippen molar-refractivity contribution in [2.75, 3.05) is 13.7 Å². The van der Waals surface area contributed by atoms with Crippen molar-refractivity contribution >= 4 is 23.8 Å². The number of methoxy groups -OCH3 is 1. The molecular formula is C23H21ClN6O2. The van der Waals surface area contributed by atoms with E-state index in [0.29, 0.717) is 35.6 Å². The monoisotopic (exact) mass is 448 g/mol. The first kappa shape index (κ1) is 20.4. The minimum atomic E-state index is -0.268. The number of hydrogen-bond donors (Lipinski definition) is 0. The maximum Gasteiger partial charge on any atom is 0.180 e. The Balaban J connectivity index is 1.40. The predicted molar refractivity (Wildman–Crippen MR) is 121 cm³/mol. The predicted octanol–water partition coefficient (Wildman–Crippen LogP) is 4.12. The molecule has 1 atom stereocenters. The van der Waals surface area contributed by atoms with Crippen LogP contribution in [0.2, 0.25) is 5.02 Å². The van der Waals surface area contributed by atoms with Crippen LogP contribution in [0, 0.1) is 6.92 Å². The van der Waals surface area contributed by atoms with Gasteiger partial charge in [0.2, 0.25) is 0 Å². The van der Waals surface area contributed by atoms with E-state index in [4.69, 9.17) is 26.1 Å². The summed E-state index contributed by atoms with van der Waals surface area (Å²) in [5, 5.41) is 5.31. The molecule has 0 radical (unpaired) electrons.